The van der Waals surface area contributed by atoms with Crippen molar-refractivity contribution in [3.8, 4) is 0 Å². The van der Waals surface area contributed by atoms with Crippen LogP contribution >= 0.6 is 0 Å². The lowest BCUT2D eigenvalue weighted by molar-refractivity contribution is -0.697. The van der Waals surface area contributed by atoms with Crippen LogP contribution in [0.25, 0.3) is 0 Å². The maximum Gasteiger partial charge on any atom is 0.171 e. The van der Waals surface area contributed by atoms with Gasteiger partial charge in [0.2, 0.25) is 0 Å². The first-order valence-corrected chi connectivity index (χ1v) is 9.69. The quantitative estimate of drug-likeness (QED) is 0.542. The average molecular weight is 347 g/mol. The minimum atomic E-state index is 1.08. The third kappa shape index (κ3) is 5.52. The maximum absolute atomic E-state index is 2.30. The molecule has 26 heavy (non-hydrogen) atoms. The Balaban J connectivity index is 1.52. The van der Waals surface area contributed by atoms with Crippen LogP contribution in [0.2, 0.25) is 0 Å². The molecule has 0 bridgehead atoms. The van der Waals surface area contributed by atoms with E-state index >= 15 is 0 Å². The van der Waals surface area contributed by atoms with Crippen LogP contribution in [0.4, 0.5) is 0 Å². The van der Waals surface area contributed by atoms with Crippen LogP contribution in [-0.2, 0) is 25.9 Å². The third-order valence-electron chi connectivity index (χ3n) is 4.86. The molecule has 3 rings (SSSR count). The number of pyridine rings is 2. The Kier molecular flexibility index (Phi) is 6.54. The number of rotatable bonds is 8. The van der Waals surface area contributed by atoms with Crippen LogP contribution in [-0.4, -0.2) is 0 Å². The topological polar surface area (TPSA) is 7.76 Å². The van der Waals surface area contributed by atoms with Crippen molar-refractivity contribution in [3.63, 3.8) is 0 Å². The van der Waals surface area contributed by atoms with E-state index in [0.29, 0.717) is 0 Å². The van der Waals surface area contributed by atoms with Gasteiger partial charge in [0.25, 0.3) is 0 Å². The number of benzene rings is 1. The van der Waals surface area contributed by atoms with Crippen LogP contribution in [0.3, 0.4) is 0 Å². The molecule has 0 saturated heterocycles. The van der Waals surface area contributed by atoms with Crippen molar-refractivity contribution in [2.45, 2.75) is 52.6 Å². The first-order chi connectivity index (χ1) is 12.7. The highest BCUT2D eigenvalue weighted by atomic mass is 14.9. The van der Waals surface area contributed by atoms with Gasteiger partial charge in [0.1, 0.15) is 13.1 Å². The summed E-state index contributed by atoms with van der Waals surface area (Å²) < 4.78 is 4.60. The summed E-state index contributed by atoms with van der Waals surface area (Å²) in [5.41, 5.74) is 5.66. The fourth-order valence-corrected chi connectivity index (χ4v) is 3.53. The number of aromatic nitrogens is 2. The van der Waals surface area contributed by atoms with Crippen molar-refractivity contribution in [3.05, 3.63) is 95.6 Å². The first-order valence-electron chi connectivity index (χ1n) is 9.69. The molecule has 2 heteroatoms. The van der Waals surface area contributed by atoms with E-state index in [1.165, 1.54) is 35.1 Å². The van der Waals surface area contributed by atoms with Gasteiger partial charge in [0, 0.05) is 36.1 Å². The van der Waals surface area contributed by atoms with E-state index in [1.54, 1.807) is 0 Å². The van der Waals surface area contributed by atoms with Gasteiger partial charge in [-0.05, 0) is 49.9 Å². The van der Waals surface area contributed by atoms with Crippen LogP contribution in [0.5, 0.6) is 0 Å². The summed E-state index contributed by atoms with van der Waals surface area (Å²) in [7, 11) is 0. The molecule has 0 unspecified atom stereocenters. The highest BCUT2D eigenvalue weighted by Crippen LogP contribution is 2.13. The maximum atomic E-state index is 2.30. The lowest BCUT2D eigenvalue weighted by Crippen LogP contribution is -2.33. The van der Waals surface area contributed by atoms with Gasteiger partial charge in [-0.25, -0.2) is 9.13 Å². The van der Waals surface area contributed by atoms with E-state index in [4.69, 9.17) is 0 Å². The predicted molar refractivity (Wildman–Crippen MR) is 106 cm³/mol. The lowest BCUT2D eigenvalue weighted by atomic mass is 9.99. The Morgan fingerprint density at radius 2 is 1.08 bits per heavy atom. The molecule has 0 aliphatic rings. The van der Waals surface area contributed by atoms with Gasteiger partial charge in [-0.1, -0.05) is 24.3 Å². The van der Waals surface area contributed by atoms with Gasteiger partial charge in [0.05, 0.1) is 0 Å². The molecule has 0 radical (unpaired) electrons. The van der Waals surface area contributed by atoms with Crippen LogP contribution in [0.1, 0.15) is 35.1 Å². The monoisotopic (exact) mass is 346 g/mol. The molecule has 0 N–H and O–H groups in total. The van der Waals surface area contributed by atoms with Gasteiger partial charge >= 0.3 is 0 Å². The summed E-state index contributed by atoms with van der Waals surface area (Å²) in [6.45, 7) is 6.46. The van der Waals surface area contributed by atoms with Crippen LogP contribution in [0, 0.1) is 13.8 Å². The molecular formula is C24H30N2+2. The molecule has 0 spiro atoms. The van der Waals surface area contributed by atoms with Gasteiger partial charge in [-0.15, -0.1) is 0 Å². The van der Waals surface area contributed by atoms with Gasteiger partial charge in [0.15, 0.2) is 24.8 Å². The largest absolute Gasteiger partial charge is 0.205 e. The minimum Gasteiger partial charge on any atom is -0.205 e. The summed E-state index contributed by atoms with van der Waals surface area (Å²) in [4.78, 5) is 0. The van der Waals surface area contributed by atoms with Crippen molar-refractivity contribution < 1.29 is 9.13 Å². The normalized spacial score (nSPS) is 10.8. The Morgan fingerprint density at radius 3 is 1.50 bits per heavy atom. The molecule has 0 aliphatic carbocycles. The standard InChI is InChI=1S/C24H30N2/c1-21-9-5-15-25(19-21)17-7-13-23-11-3-4-12-24(23)14-8-18-26-16-6-10-22(2)20-26/h3-6,9-12,15-16,19-20H,7-8,13-14,17-18H2,1-2H3/q+2. The summed E-state index contributed by atoms with van der Waals surface area (Å²) in [5, 5.41) is 0. The molecule has 0 aliphatic heterocycles. The number of aryl methyl sites for hydroxylation is 6. The number of hydrogen-bond acceptors (Lipinski definition) is 0. The molecule has 0 atom stereocenters. The van der Waals surface area contributed by atoms with E-state index in [0.717, 1.165) is 25.9 Å². The molecule has 0 saturated carbocycles. The minimum absolute atomic E-state index is 1.08. The van der Waals surface area contributed by atoms with Crippen LogP contribution in [0.15, 0.2) is 73.3 Å². The molecular weight excluding hydrogens is 316 g/mol. The second-order valence-electron chi connectivity index (χ2n) is 7.21. The molecule has 0 amide bonds. The van der Waals surface area contributed by atoms with E-state index in [-0.39, 0.29) is 0 Å². The Hall–Kier alpha value is -2.48. The molecule has 0 fully saturated rings. The van der Waals surface area contributed by atoms with Crippen molar-refractivity contribution >= 4 is 0 Å². The summed E-state index contributed by atoms with van der Waals surface area (Å²) in [6.07, 6.45) is 13.4. The zero-order chi connectivity index (χ0) is 18.2. The highest BCUT2D eigenvalue weighted by molar-refractivity contribution is 5.27. The van der Waals surface area contributed by atoms with Gasteiger partial charge in [-0.2, -0.15) is 0 Å². The van der Waals surface area contributed by atoms with Crippen LogP contribution < -0.4 is 9.13 Å². The number of hydrogen-bond donors (Lipinski definition) is 0. The second kappa shape index (κ2) is 9.28. The molecule has 2 nitrogen and oxygen atoms in total. The summed E-state index contributed by atoms with van der Waals surface area (Å²) in [6, 6.07) is 17.5. The van der Waals surface area contributed by atoms with E-state index in [1.807, 2.05) is 0 Å². The SMILES string of the molecule is Cc1ccc[n+](CCCc2ccccc2CCC[n+]2cccc(C)c2)c1. The molecule has 3 aromatic rings. The van der Waals surface area contributed by atoms with Gasteiger partial charge in [-0.3, -0.25) is 0 Å². The zero-order valence-corrected chi connectivity index (χ0v) is 16.1. The summed E-state index contributed by atoms with van der Waals surface area (Å²) >= 11 is 0. The Morgan fingerprint density at radius 1 is 0.615 bits per heavy atom. The Bertz CT molecular complexity index is 768. The van der Waals surface area contributed by atoms with Crippen molar-refractivity contribution in [2.24, 2.45) is 0 Å². The van der Waals surface area contributed by atoms with E-state index in [9.17, 15) is 0 Å². The average Bonchev–Trinajstić information content (AvgIpc) is 2.63. The molecule has 2 aromatic heterocycles. The Labute approximate surface area is 157 Å². The first kappa shape index (κ1) is 18.3. The van der Waals surface area contributed by atoms with E-state index in [2.05, 4.69) is 96.3 Å². The zero-order valence-electron chi connectivity index (χ0n) is 16.1. The van der Waals surface area contributed by atoms with Crippen molar-refractivity contribution in [2.75, 3.05) is 0 Å². The lowest BCUT2D eigenvalue weighted by Gasteiger charge is -2.08. The van der Waals surface area contributed by atoms with Crippen molar-refractivity contribution in [1.29, 1.82) is 0 Å². The van der Waals surface area contributed by atoms with E-state index < -0.39 is 0 Å². The molecule has 1 aromatic carbocycles. The third-order valence-corrected chi connectivity index (χ3v) is 4.86. The predicted octanol–water partition coefficient (Wildman–Crippen LogP) is 4.14. The second-order valence-corrected chi connectivity index (χ2v) is 7.21. The highest BCUT2D eigenvalue weighted by Gasteiger charge is 2.07. The van der Waals surface area contributed by atoms with Gasteiger partial charge < -0.3 is 0 Å². The van der Waals surface area contributed by atoms with Crippen molar-refractivity contribution in [1.82, 2.24) is 0 Å². The number of nitrogens with zero attached hydrogens (tertiary/aromatic N) is 2. The molecule has 134 valence electrons. The smallest absolute Gasteiger partial charge is 0.171 e. The fraction of sp³-hybridized carbons (Fsp3) is 0.333. The fourth-order valence-electron chi connectivity index (χ4n) is 3.53. The summed E-state index contributed by atoms with van der Waals surface area (Å²) in [5.74, 6) is 0. The molecule has 2 heterocycles.